The maximum absolute atomic E-state index is 10.5. The molecule has 0 saturated carbocycles. The van der Waals surface area contributed by atoms with Gasteiger partial charge in [-0.15, -0.1) is 0 Å². The van der Waals surface area contributed by atoms with Gasteiger partial charge in [-0.05, 0) is 25.7 Å². The molecule has 0 fully saturated rings. The van der Waals surface area contributed by atoms with Gasteiger partial charge in [0.1, 0.15) is 5.66 Å². The minimum absolute atomic E-state index is 0.180. The Bertz CT molecular complexity index is 348. The average Bonchev–Trinajstić information content (AvgIpc) is 2.60. The summed E-state index contributed by atoms with van der Waals surface area (Å²) >= 11 is 0. The van der Waals surface area contributed by atoms with Gasteiger partial charge in [-0.25, -0.2) is 0 Å². The van der Waals surface area contributed by atoms with Crippen LogP contribution in [0.1, 0.15) is 32.6 Å². The van der Waals surface area contributed by atoms with Crippen LogP contribution in [0.5, 0.6) is 0 Å². The monoisotopic (exact) mass is 232 g/mol. The maximum atomic E-state index is 10.5. The van der Waals surface area contributed by atoms with E-state index in [-0.39, 0.29) is 11.4 Å². The molecule has 1 rings (SSSR count). The fraction of sp³-hybridized carbons (Fsp3) is 0.778. The van der Waals surface area contributed by atoms with Crippen molar-refractivity contribution in [3.8, 4) is 0 Å². The quantitative estimate of drug-likeness (QED) is 0.554. The van der Waals surface area contributed by atoms with Crippen molar-refractivity contribution in [3.63, 3.8) is 0 Å². The Morgan fingerprint density at radius 2 is 1.87 bits per heavy atom. The predicted octanol–water partition coefficient (Wildman–Crippen LogP) is 1.31. The molecular formula is C9H16N2O3S. The zero-order valence-corrected chi connectivity index (χ0v) is 9.57. The normalized spacial score (nSPS) is 18.5. The first-order chi connectivity index (χ1) is 6.97. The molecule has 0 saturated heterocycles. The molecule has 5 nitrogen and oxygen atoms in total. The highest BCUT2D eigenvalue weighted by atomic mass is 32.2. The second-order valence-corrected chi connectivity index (χ2v) is 5.21. The Labute approximate surface area is 90.1 Å². The Kier molecular flexibility index (Phi) is 3.98. The molecule has 15 heavy (non-hydrogen) atoms. The van der Waals surface area contributed by atoms with Gasteiger partial charge in [-0.2, -0.15) is 8.42 Å². The zero-order valence-electron chi connectivity index (χ0n) is 8.76. The van der Waals surface area contributed by atoms with E-state index < -0.39 is 10.1 Å². The largest absolute Gasteiger partial charge is 0.286 e. The van der Waals surface area contributed by atoms with Crippen molar-refractivity contribution in [1.82, 2.24) is 0 Å². The summed E-state index contributed by atoms with van der Waals surface area (Å²) in [4.78, 5) is 8.52. The first-order valence-corrected chi connectivity index (χ1v) is 6.62. The van der Waals surface area contributed by atoms with Gasteiger partial charge in [0.2, 0.25) is 0 Å². The highest BCUT2D eigenvalue weighted by Crippen LogP contribution is 2.26. The van der Waals surface area contributed by atoms with Gasteiger partial charge in [0, 0.05) is 12.4 Å². The van der Waals surface area contributed by atoms with Crippen molar-refractivity contribution < 1.29 is 13.0 Å². The van der Waals surface area contributed by atoms with E-state index in [0.717, 1.165) is 12.8 Å². The van der Waals surface area contributed by atoms with Crippen LogP contribution >= 0.6 is 0 Å². The lowest BCUT2D eigenvalue weighted by Gasteiger charge is -2.20. The van der Waals surface area contributed by atoms with Crippen LogP contribution in [0.4, 0.5) is 0 Å². The standard InChI is InChI=1S/C9H16N2O3S/c1-2-9(10-6-7-11-9)5-3-4-8-15(12,13)14/h6-7H,2-5,8H2,1H3,(H,12,13,14). The van der Waals surface area contributed by atoms with Crippen molar-refractivity contribution in [2.45, 2.75) is 38.3 Å². The first kappa shape index (κ1) is 12.3. The van der Waals surface area contributed by atoms with Gasteiger partial charge in [0.25, 0.3) is 10.1 Å². The van der Waals surface area contributed by atoms with Gasteiger partial charge >= 0.3 is 0 Å². The van der Waals surface area contributed by atoms with Crippen molar-refractivity contribution in [2.24, 2.45) is 9.98 Å². The van der Waals surface area contributed by atoms with Gasteiger partial charge in [0.15, 0.2) is 0 Å². The number of hydrogen-bond acceptors (Lipinski definition) is 4. The molecule has 0 atom stereocenters. The third-order valence-corrected chi connectivity index (χ3v) is 3.30. The smallest absolute Gasteiger partial charge is 0.264 e. The second kappa shape index (κ2) is 4.85. The third-order valence-electron chi connectivity index (χ3n) is 2.49. The van der Waals surface area contributed by atoms with E-state index in [1.54, 1.807) is 12.4 Å². The van der Waals surface area contributed by atoms with E-state index in [2.05, 4.69) is 9.98 Å². The van der Waals surface area contributed by atoms with Crippen molar-refractivity contribution in [3.05, 3.63) is 0 Å². The van der Waals surface area contributed by atoms with E-state index in [4.69, 9.17) is 4.55 Å². The molecule has 0 amide bonds. The predicted molar refractivity (Wildman–Crippen MR) is 60.3 cm³/mol. The second-order valence-electron chi connectivity index (χ2n) is 3.64. The van der Waals surface area contributed by atoms with Crippen LogP contribution in [0.3, 0.4) is 0 Å². The fourth-order valence-corrected chi connectivity index (χ4v) is 2.13. The summed E-state index contributed by atoms with van der Waals surface area (Å²) < 4.78 is 29.5. The van der Waals surface area contributed by atoms with Crippen LogP contribution in [0.15, 0.2) is 9.98 Å². The lowest BCUT2D eigenvalue weighted by Crippen LogP contribution is -2.20. The highest BCUT2D eigenvalue weighted by molar-refractivity contribution is 7.85. The zero-order chi connectivity index (χ0) is 11.4. The minimum Gasteiger partial charge on any atom is -0.286 e. The van der Waals surface area contributed by atoms with Crippen LogP contribution in [0.2, 0.25) is 0 Å². The summed E-state index contributed by atoms with van der Waals surface area (Å²) in [6, 6.07) is 0. The molecular weight excluding hydrogens is 216 g/mol. The molecule has 1 heterocycles. The number of unbranched alkanes of at least 4 members (excludes halogenated alkanes) is 1. The molecule has 0 spiro atoms. The Balaban J connectivity index is 2.31. The first-order valence-electron chi connectivity index (χ1n) is 5.02. The topological polar surface area (TPSA) is 79.1 Å². The Morgan fingerprint density at radius 3 is 2.33 bits per heavy atom. The molecule has 0 aliphatic carbocycles. The molecule has 86 valence electrons. The summed E-state index contributed by atoms with van der Waals surface area (Å²) in [5.41, 5.74) is -0.376. The lowest BCUT2D eigenvalue weighted by molar-refractivity contribution is 0.394. The SMILES string of the molecule is CCC1(CCCCS(=O)(=O)O)N=CC=N1. The van der Waals surface area contributed by atoms with Crippen LogP contribution in [0, 0.1) is 0 Å². The summed E-state index contributed by atoms with van der Waals surface area (Å²) in [5, 5.41) is 0. The molecule has 0 aromatic heterocycles. The number of aliphatic imine (C=N–C) groups is 2. The maximum Gasteiger partial charge on any atom is 0.264 e. The Morgan fingerprint density at radius 1 is 1.27 bits per heavy atom. The van der Waals surface area contributed by atoms with E-state index in [1.165, 1.54) is 0 Å². The molecule has 0 unspecified atom stereocenters. The molecule has 0 bridgehead atoms. The van der Waals surface area contributed by atoms with E-state index in [0.29, 0.717) is 12.8 Å². The van der Waals surface area contributed by atoms with Gasteiger partial charge in [0.05, 0.1) is 5.75 Å². The highest BCUT2D eigenvalue weighted by Gasteiger charge is 2.26. The van der Waals surface area contributed by atoms with E-state index in [9.17, 15) is 8.42 Å². The Hall–Kier alpha value is -0.750. The van der Waals surface area contributed by atoms with Gasteiger partial charge < -0.3 is 0 Å². The van der Waals surface area contributed by atoms with E-state index in [1.807, 2.05) is 6.92 Å². The molecule has 1 N–H and O–H groups in total. The molecule has 0 radical (unpaired) electrons. The van der Waals surface area contributed by atoms with Crippen molar-refractivity contribution >= 4 is 22.5 Å². The third kappa shape index (κ3) is 4.09. The summed E-state index contributed by atoms with van der Waals surface area (Å²) in [7, 11) is -3.82. The molecule has 0 aromatic carbocycles. The van der Waals surface area contributed by atoms with E-state index >= 15 is 0 Å². The van der Waals surface area contributed by atoms with Crippen LogP contribution in [-0.4, -0.2) is 36.8 Å². The van der Waals surface area contributed by atoms with Crippen molar-refractivity contribution in [2.75, 3.05) is 5.75 Å². The fourth-order valence-electron chi connectivity index (χ4n) is 1.56. The number of nitrogens with zero attached hydrogens (tertiary/aromatic N) is 2. The molecule has 6 heteroatoms. The van der Waals surface area contributed by atoms with Gasteiger partial charge in [-0.1, -0.05) is 6.92 Å². The summed E-state index contributed by atoms with van der Waals surface area (Å²) in [6.45, 7) is 2.00. The molecule has 0 aromatic rings. The van der Waals surface area contributed by atoms with Gasteiger partial charge in [-0.3, -0.25) is 14.5 Å². The average molecular weight is 232 g/mol. The van der Waals surface area contributed by atoms with Crippen LogP contribution in [0.25, 0.3) is 0 Å². The van der Waals surface area contributed by atoms with Crippen molar-refractivity contribution in [1.29, 1.82) is 0 Å². The minimum atomic E-state index is -3.82. The number of rotatable bonds is 6. The van der Waals surface area contributed by atoms with Crippen LogP contribution in [-0.2, 0) is 10.1 Å². The molecule has 1 aliphatic rings. The number of hydrogen-bond donors (Lipinski definition) is 1. The molecule has 1 aliphatic heterocycles. The van der Waals surface area contributed by atoms with Crippen LogP contribution < -0.4 is 0 Å². The lowest BCUT2D eigenvalue weighted by atomic mass is 10.0. The summed E-state index contributed by atoms with van der Waals surface area (Å²) in [6.07, 6.45) is 6.03. The summed E-state index contributed by atoms with van der Waals surface area (Å²) in [5.74, 6) is -0.180.